The summed E-state index contributed by atoms with van der Waals surface area (Å²) in [7, 11) is 1.75. The maximum absolute atomic E-state index is 12.4. The lowest BCUT2D eigenvalue weighted by molar-refractivity contribution is 0.0929. The van der Waals surface area contributed by atoms with Gasteiger partial charge in [-0.05, 0) is 67.6 Å². The summed E-state index contributed by atoms with van der Waals surface area (Å²) in [6, 6.07) is 2.13. The average molecular weight is 322 g/mol. The fraction of sp³-hybridized carbons (Fsp3) is 0.706. The van der Waals surface area contributed by atoms with Crippen LogP contribution in [0.15, 0.2) is 11.4 Å². The van der Waals surface area contributed by atoms with E-state index in [1.54, 1.807) is 18.4 Å². The Labute approximate surface area is 136 Å². The fourth-order valence-electron chi connectivity index (χ4n) is 3.17. The second kappa shape index (κ2) is 7.57. The highest BCUT2D eigenvalue weighted by Crippen LogP contribution is 2.43. The van der Waals surface area contributed by atoms with Crippen molar-refractivity contribution in [2.24, 2.45) is 5.92 Å². The number of methoxy groups -OCH3 is 1. The van der Waals surface area contributed by atoms with Crippen molar-refractivity contribution in [1.29, 1.82) is 0 Å². The van der Waals surface area contributed by atoms with Crippen LogP contribution in [0.1, 0.15) is 46.8 Å². The Morgan fingerprint density at radius 1 is 1.36 bits per heavy atom. The van der Waals surface area contributed by atoms with Crippen LogP contribution in [-0.2, 0) is 4.74 Å². The van der Waals surface area contributed by atoms with Crippen molar-refractivity contribution in [3.8, 4) is 0 Å². The average Bonchev–Trinajstić information content (AvgIpc) is 3.28. The van der Waals surface area contributed by atoms with Crippen molar-refractivity contribution in [2.45, 2.75) is 31.6 Å². The van der Waals surface area contributed by atoms with Gasteiger partial charge >= 0.3 is 0 Å². The highest BCUT2D eigenvalue weighted by Gasteiger charge is 2.29. The van der Waals surface area contributed by atoms with Crippen LogP contribution in [0.2, 0.25) is 0 Å². The van der Waals surface area contributed by atoms with Crippen LogP contribution in [0.4, 0.5) is 0 Å². The van der Waals surface area contributed by atoms with Crippen molar-refractivity contribution in [3.63, 3.8) is 0 Å². The quantitative estimate of drug-likeness (QED) is 0.839. The molecule has 4 nitrogen and oxygen atoms in total. The summed E-state index contributed by atoms with van der Waals surface area (Å²) in [5.74, 6) is 1.40. The maximum atomic E-state index is 12.4. The molecule has 1 aromatic rings. The van der Waals surface area contributed by atoms with Gasteiger partial charge in [-0.25, -0.2) is 0 Å². The summed E-state index contributed by atoms with van der Waals surface area (Å²) in [5.41, 5.74) is 1.27. The second-order valence-corrected chi connectivity index (χ2v) is 7.38. The summed E-state index contributed by atoms with van der Waals surface area (Å²) < 4.78 is 5.13. The number of ether oxygens (including phenoxy) is 1. The van der Waals surface area contributed by atoms with Crippen LogP contribution >= 0.6 is 11.3 Å². The molecule has 0 unspecified atom stereocenters. The van der Waals surface area contributed by atoms with Crippen LogP contribution in [-0.4, -0.2) is 50.7 Å². The molecule has 5 heteroatoms. The number of thiophene rings is 1. The van der Waals surface area contributed by atoms with E-state index in [1.807, 2.05) is 0 Å². The molecule has 0 atom stereocenters. The topological polar surface area (TPSA) is 41.6 Å². The largest absolute Gasteiger partial charge is 0.383 e. The van der Waals surface area contributed by atoms with Crippen molar-refractivity contribution >= 4 is 17.2 Å². The summed E-state index contributed by atoms with van der Waals surface area (Å²) in [6.45, 7) is 4.89. The molecule has 1 N–H and O–H groups in total. The van der Waals surface area contributed by atoms with Gasteiger partial charge in [0.2, 0.25) is 0 Å². The summed E-state index contributed by atoms with van der Waals surface area (Å²) in [6.07, 6.45) is 4.84. The number of nitrogens with zero attached hydrogens (tertiary/aromatic N) is 1. The Morgan fingerprint density at radius 2 is 2.14 bits per heavy atom. The molecule has 1 aliphatic carbocycles. The molecule has 0 spiro atoms. The third-order valence-electron chi connectivity index (χ3n) is 4.79. The number of carbonyl (C=O) groups excluding carboxylic acids is 1. The first kappa shape index (κ1) is 16.0. The monoisotopic (exact) mass is 322 g/mol. The minimum absolute atomic E-state index is 0.138. The molecule has 0 bridgehead atoms. The maximum Gasteiger partial charge on any atom is 0.261 e. The zero-order chi connectivity index (χ0) is 15.4. The van der Waals surface area contributed by atoms with Crippen LogP contribution in [0.3, 0.4) is 0 Å². The van der Waals surface area contributed by atoms with Crippen molar-refractivity contribution < 1.29 is 9.53 Å². The van der Waals surface area contributed by atoms with Crippen LogP contribution in [0, 0.1) is 5.92 Å². The molecule has 1 saturated heterocycles. The minimum atomic E-state index is 0.138. The zero-order valence-electron chi connectivity index (χ0n) is 13.3. The number of hydrogen-bond donors (Lipinski definition) is 1. The van der Waals surface area contributed by atoms with E-state index in [-0.39, 0.29) is 5.91 Å². The Kier molecular flexibility index (Phi) is 5.50. The van der Waals surface area contributed by atoms with Crippen molar-refractivity contribution in [3.05, 3.63) is 21.9 Å². The number of likely N-dealkylation sites (tertiary alicyclic amines) is 1. The van der Waals surface area contributed by atoms with Gasteiger partial charge in [-0.2, -0.15) is 0 Å². The van der Waals surface area contributed by atoms with Gasteiger partial charge in [0, 0.05) is 20.2 Å². The van der Waals surface area contributed by atoms with Gasteiger partial charge in [0.25, 0.3) is 5.91 Å². The van der Waals surface area contributed by atoms with Crippen molar-refractivity contribution in [1.82, 2.24) is 10.2 Å². The van der Waals surface area contributed by atoms with Gasteiger partial charge in [0.05, 0.1) is 11.5 Å². The third kappa shape index (κ3) is 4.09. The number of amides is 1. The fourth-order valence-corrected chi connectivity index (χ4v) is 4.07. The van der Waals surface area contributed by atoms with E-state index in [9.17, 15) is 4.79 Å². The number of carbonyl (C=O) groups is 1. The lowest BCUT2D eigenvalue weighted by Crippen LogP contribution is -2.39. The lowest BCUT2D eigenvalue weighted by Gasteiger charge is -2.31. The smallest absolute Gasteiger partial charge is 0.261 e. The van der Waals surface area contributed by atoms with Crippen LogP contribution in [0.5, 0.6) is 0 Å². The first-order chi connectivity index (χ1) is 10.8. The Morgan fingerprint density at radius 3 is 2.82 bits per heavy atom. The minimum Gasteiger partial charge on any atom is -0.383 e. The summed E-state index contributed by atoms with van der Waals surface area (Å²) in [4.78, 5) is 15.8. The predicted octanol–water partition coefficient (Wildman–Crippen LogP) is 2.71. The molecular formula is C17H26N2O2S. The molecule has 2 heterocycles. The van der Waals surface area contributed by atoms with E-state index in [0.717, 1.165) is 37.7 Å². The molecule has 0 radical (unpaired) electrons. The van der Waals surface area contributed by atoms with Gasteiger partial charge in [-0.15, -0.1) is 11.3 Å². The predicted molar refractivity (Wildman–Crippen MR) is 89.7 cm³/mol. The molecule has 2 aliphatic rings. The van der Waals surface area contributed by atoms with E-state index in [1.165, 1.54) is 31.2 Å². The zero-order valence-corrected chi connectivity index (χ0v) is 14.2. The normalized spacial score (nSPS) is 20.2. The van der Waals surface area contributed by atoms with Gasteiger partial charge < -0.3 is 15.0 Å². The third-order valence-corrected chi connectivity index (χ3v) is 5.72. The van der Waals surface area contributed by atoms with Crippen molar-refractivity contribution in [2.75, 3.05) is 39.9 Å². The lowest BCUT2D eigenvalue weighted by atomic mass is 9.97. The molecule has 1 aliphatic heterocycles. The van der Waals surface area contributed by atoms with Gasteiger partial charge in [0.15, 0.2) is 0 Å². The van der Waals surface area contributed by atoms with E-state index in [4.69, 9.17) is 4.74 Å². The molecule has 1 amide bonds. The van der Waals surface area contributed by atoms with Crippen LogP contribution in [0.25, 0.3) is 0 Å². The SMILES string of the molecule is COCCN1CCC(CNC(=O)c2sccc2C2CC2)CC1. The highest BCUT2D eigenvalue weighted by atomic mass is 32.1. The van der Waals surface area contributed by atoms with Gasteiger partial charge in [-0.1, -0.05) is 0 Å². The second-order valence-electron chi connectivity index (χ2n) is 6.47. The summed E-state index contributed by atoms with van der Waals surface area (Å²) in [5, 5.41) is 5.22. The first-order valence-corrected chi connectivity index (χ1v) is 9.22. The molecule has 3 rings (SSSR count). The Bertz CT molecular complexity index is 491. The Balaban J connectivity index is 1.41. The van der Waals surface area contributed by atoms with Crippen LogP contribution < -0.4 is 5.32 Å². The number of piperidine rings is 1. The van der Waals surface area contributed by atoms with E-state index in [2.05, 4.69) is 21.7 Å². The molecular weight excluding hydrogens is 296 g/mol. The molecule has 22 heavy (non-hydrogen) atoms. The molecule has 1 aromatic heterocycles. The highest BCUT2D eigenvalue weighted by molar-refractivity contribution is 7.12. The Hall–Kier alpha value is -0.910. The van der Waals surface area contributed by atoms with E-state index in [0.29, 0.717) is 11.8 Å². The molecule has 1 saturated carbocycles. The molecule has 0 aromatic carbocycles. The number of hydrogen-bond acceptors (Lipinski definition) is 4. The van der Waals surface area contributed by atoms with Gasteiger partial charge in [0.1, 0.15) is 0 Å². The van der Waals surface area contributed by atoms with E-state index < -0.39 is 0 Å². The first-order valence-electron chi connectivity index (χ1n) is 8.35. The number of nitrogens with one attached hydrogen (secondary N) is 1. The summed E-state index contributed by atoms with van der Waals surface area (Å²) >= 11 is 1.59. The standard InChI is InChI=1S/C17H26N2O2S/c1-21-10-9-19-7-4-13(5-8-19)12-18-17(20)16-15(6-11-22-16)14-2-3-14/h6,11,13-14H,2-5,7-10,12H2,1H3,(H,18,20). The van der Waals surface area contributed by atoms with Gasteiger partial charge in [-0.3, -0.25) is 4.79 Å². The molecule has 2 fully saturated rings. The molecule has 122 valence electrons. The number of rotatable bonds is 7. The van der Waals surface area contributed by atoms with E-state index >= 15 is 0 Å².